The molecule has 1 aliphatic heterocycles. The first kappa shape index (κ1) is 11.5. The number of likely N-dealkylation sites (tertiary alicyclic amines) is 1. The predicted molar refractivity (Wildman–Crippen MR) is 64.3 cm³/mol. The molecule has 0 bridgehead atoms. The quantitative estimate of drug-likeness (QED) is 0.861. The highest BCUT2D eigenvalue weighted by molar-refractivity contribution is 7.11. The molecule has 1 saturated heterocycles. The third kappa shape index (κ3) is 2.80. The van der Waals surface area contributed by atoms with Crippen LogP contribution in [0.15, 0.2) is 6.20 Å². The number of amides is 1. The van der Waals surface area contributed by atoms with E-state index >= 15 is 0 Å². The van der Waals surface area contributed by atoms with Gasteiger partial charge in [0.1, 0.15) is 0 Å². The molecule has 88 valence electrons. The highest BCUT2D eigenvalue weighted by atomic mass is 32.1. The summed E-state index contributed by atoms with van der Waals surface area (Å²) in [6.45, 7) is 6.24. The average Bonchev–Trinajstić information content (AvgIpc) is 2.83. The van der Waals surface area contributed by atoms with Crippen LogP contribution in [0.25, 0.3) is 0 Å². The number of rotatable bonds is 3. The van der Waals surface area contributed by atoms with Crippen molar-refractivity contribution < 1.29 is 4.79 Å². The van der Waals surface area contributed by atoms with E-state index in [4.69, 9.17) is 0 Å². The summed E-state index contributed by atoms with van der Waals surface area (Å²) >= 11 is 1.72. The van der Waals surface area contributed by atoms with Crippen LogP contribution >= 0.6 is 11.3 Å². The summed E-state index contributed by atoms with van der Waals surface area (Å²) in [7, 11) is 0. The van der Waals surface area contributed by atoms with Gasteiger partial charge in [-0.05, 0) is 13.3 Å². The van der Waals surface area contributed by atoms with Gasteiger partial charge in [0, 0.05) is 43.7 Å². The van der Waals surface area contributed by atoms with Gasteiger partial charge in [-0.2, -0.15) is 0 Å². The van der Waals surface area contributed by atoms with Crippen LogP contribution in [0.5, 0.6) is 0 Å². The lowest BCUT2D eigenvalue weighted by molar-refractivity contribution is -0.127. The molecule has 0 spiro atoms. The highest BCUT2D eigenvalue weighted by Crippen LogP contribution is 2.13. The molecular formula is C11H17N3OS. The molecule has 1 aliphatic rings. The second-order valence-corrected chi connectivity index (χ2v) is 5.50. The maximum absolute atomic E-state index is 11.2. The van der Waals surface area contributed by atoms with E-state index < -0.39 is 0 Å². The third-order valence-electron chi connectivity index (χ3n) is 2.87. The zero-order chi connectivity index (χ0) is 11.5. The summed E-state index contributed by atoms with van der Waals surface area (Å²) in [5.41, 5.74) is 0. The van der Waals surface area contributed by atoms with Gasteiger partial charge in [0.25, 0.3) is 0 Å². The lowest BCUT2D eigenvalue weighted by Gasteiger charge is -2.14. The smallest absolute Gasteiger partial charge is 0.219 e. The Balaban J connectivity index is 1.77. The van der Waals surface area contributed by atoms with Crippen molar-refractivity contribution in [1.82, 2.24) is 15.2 Å². The minimum Gasteiger partial charge on any atom is -0.341 e. The van der Waals surface area contributed by atoms with Gasteiger partial charge < -0.3 is 10.2 Å². The molecule has 2 heterocycles. The second-order valence-electron chi connectivity index (χ2n) is 4.18. The van der Waals surface area contributed by atoms with Gasteiger partial charge in [0.05, 0.1) is 5.01 Å². The first-order valence-corrected chi connectivity index (χ1v) is 6.37. The van der Waals surface area contributed by atoms with Crippen LogP contribution in [0.1, 0.15) is 23.2 Å². The van der Waals surface area contributed by atoms with E-state index in [0.717, 1.165) is 31.1 Å². The standard InChI is InChI=1S/C11H17N3OS/c1-8-12-5-11(16-8)6-13-10-3-4-14(7-10)9(2)15/h5,10,13H,3-4,6-7H2,1-2H3. The molecule has 0 saturated carbocycles. The van der Waals surface area contributed by atoms with Crippen molar-refractivity contribution >= 4 is 17.2 Å². The number of nitrogens with one attached hydrogen (secondary N) is 1. The van der Waals surface area contributed by atoms with Crippen LogP contribution in [-0.4, -0.2) is 34.9 Å². The largest absolute Gasteiger partial charge is 0.341 e. The van der Waals surface area contributed by atoms with Gasteiger partial charge in [-0.1, -0.05) is 0 Å². The number of carbonyl (C=O) groups is 1. The molecule has 1 aromatic rings. The lowest BCUT2D eigenvalue weighted by Crippen LogP contribution is -2.33. The Hall–Kier alpha value is -0.940. The van der Waals surface area contributed by atoms with E-state index in [9.17, 15) is 4.79 Å². The van der Waals surface area contributed by atoms with Crippen molar-refractivity contribution in [1.29, 1.82) is 0 Å². The number of aromatic nitrogens is 1. The van der Waals surface area contributed by atoms with Crippen LogP contribution in [0.3, 0.4) is 0 Å². The van der Waals surface area contributed by atoms with Crippen LogP contribution in [0.4, 0.5) is 0 Å². The molecule has 0 radical (unpaired) electrons. The number of aryl methyl sites for hydroxylation is 1. The molecule has 5 heteroatoms. The molecule has 1 aromatic heterocycles. The summed E-state index contributed by atoms with van der Waals surface area (Å²) in [5, 5.41) is 4.58. The Labute approximate surface area is 99.7 Å². The summed E-state index contributed by atoms with van der Waals surface area (Å²) < 4.78 is 0. The van der Waals surface area contributed by atoms with Crippen molar-refractivity contribution in [2.24, 2.45) is 0 Å². The van der Waals surface area contributed by atoms with E-state index in [2.05, 4.69) is 10.3 Å². The van der Waals surface area contributed by atoms with Gasteiger partial charge in [-0.3, -0.25) is 4.79 Å². The predicted octanol–water partition coefficient (Wildman–Crippen LogP) is 1.16. The topological polar surface area (TPSA) is 45.2 Å². The molecule has 16 heavy (non-hydrogen) atoms. The van der Waals surface area contributed by atoms with Crippen molar-refractivity contribution in [3.05, 3.63) is 16.1 Å². The average molecular weight is 239 g/mol. The Kier molecular flexibility index (Phi) is 3.56. The van der Waals surface area contributed by atoms with Crippen LogP contribution < -0.4 is 5.32 Å². The van der Waals surface area contributed by atoms with E-state index in [-0.39, 0.29) is 5.91 Å². The summed E-state index contributed by atoms with van der Waals surface area (Å²) in [6.07, 6.45) is 2.97. The Morgan fingerprint density at radius 3 is 3.12 bits per heavy atom. The molecule has 2 rings (SSSR count). The van der Waals surface area contributed by atoms with Crippen LogP contribution in [0.2, 0.25) is 0 Å². The normalized spacial score (nSPS) is 20.4. The first-order chi connectivity index (χ1) is 7.65. The van der Waals surface area contributed by atoms with E-state index in [1.807, 2.05) is 18.0 Å². The zero-order valence-corrected chi connectivity index (χ0v) is 10.5. The highest BCUT2D eigenvalue weighted by Gasteiger charge is 2.23. The van der Waals surface area contributed by atoms with Crippen molar-refractivity contribution in [3.8, 4) is 0 Å². The van der Waals surface area contributed by atoms with Crippen LogP contribution in [-0.2, 0) is 11.3 Å². The van der Waals surface area contributed by atoms with Gasteiger partial charge in [0.2, 0.25) is 5.91 Å². The fraction of sp³-hybridized carbons (Fsp3) is 0.636. The van der Waals surface area contributed by atoms with E-state index in [1.54, 1.807) is 18.3 Å². The minimum absolute atomic E-state index is 0.179. The number of nitrogens with zero attached hydrogens (tertiary/aromatic N) is 2. The monoisotopic (exact) mass is 239 g/mol. The Morgan fingerprint density at radius 2 is 2.56 bits per heavy atom. The molecule has 0 aromatic carbocycles. The molecule has 1 atom stereocenters. The summed E-state index contributed by atoms with van der Waals surface area (Å²) in [4.78, 5) is 18.5. The molecule has 1 amide bonds. The number of hydrogen-bond donors (Lipinski definition) is 1. The Bertz CT molecular complexity index is 377. The SMILES string of the molecule is CC(=O)N1CCC(NCc2cnc(C)s2)C1. The van der Waals surface area contributed by atoms with Crippen molar-refractivity contribution in [2.75, 3.05) is 13.1 Å². The molecule has 1 fully saturated rings. The van der Waals surface area contributed by atoms with Gasteiger partial charge in [-0.25, -0.2) is 4.98 Å². The molecule has 1 unspecified atom stereocenters. The van der Waals surface area contributed by atoms with Crippen molar-refractivity contribution in [3.63, 3.8) is 0 Å². The van der Waals surface area contributed by atoms with Gasteiger partial charge in [0.15, 0.2) is 0 Å². The van der Waals surface area contributed by atoms with Gasteiger partial charge >= 0.3 is 0 Å². The molecule has 4 nitrogen and oxygen atoms in total. The molecule has 1 N–H and O–H groups in total. The number of carbonyl (C=O) groups excluding carboxylic acids is 1. The van der Waals surface area contributed by atoms with Crippen LogP contribution in [0, 0.1) is 6.92 Å². The Morgan fingerprint density at radius 1 is 1.75 bits per heavy atom. The fourth-order valence-electron chi connectivity index (χ4n) is 1.94. The van der Waals surface area contributed by atoms with Crippen molar-refractivity contribution in [2.45, 2.75) is 32.9 Å². The number of thiazole rings is 1. The van der Waals surface area contributed by atoms with E-state index in [1.165, 1.54) is 4.88 Å². The summed E-state index contributed by atoms with van der Waals surface area (Å²) in [6, 6.07) is 0.436. The maximum atomic E-state index is 11.2. The first-order valence-electron chi connectivity index (χ1n) is 5.55. The van der Waals surface area contributed by atoms with Gasteiger partial charge in [-0.15, -0.1) is 11.3 Å². The third-order valence-corrected chi connectivity index (χ3v) is 3.78. The number of hydrogen-bond acceptors (Lipinski definition) is 4. The lowest BCUT2D eigenvalue weighted by atomic mass is 10.2. The molecule has 0 aliphatic carbocycles. The second kappa shape index (κ2) is 4.93. The summed E-state index contributed by atoms with van der Waals surface area (Å²) in [5.74, 6) is 0.179. The fourth-order valence-corrected chi connectivity index (χ4v) is 2.69. The maximum Gasteiger partial charge on any atom is 0.219 e. The minimum atomic E-state index is 0.179. The zero-order valence-electron chi connectivity index (χ0n) is 9.69. The van der Waals surface area contributed by atoms with E-state index in [0.29, 0.717) is 6.04 Å². The molecular weight excluding hydrogens is 222 g/mol.